The summed E-state index contributed by atoms with van der Waals surface area (Å²) in [5, 5.41) is 5.02. The Labute approximate surface area is 171 Å². The highest BCUT2D eigenvalue weighted by atomic mass is 16.5. The average molecular weight is 389 g/mol. The fourth-order valence-corrected chi connectivity index (χ4v) is 5.46. The van der Waals surface area contributed by atoms with Gasteiger partial charge in [-0.15, -0.1) is 0 Å². The summed E-state index contributed by atoms with van der Waals surface area (Å²) in [5.74, 6) is 2.97. The molecule has 3 heterocycles. The molecule has 2 atom stereocenters. The van der Waals surface area contributed by atoms with E-state index in [9.17, 15) is 0 Å². The van der Waals surface area contributed by atoms with Gasteiger partial charge in [-0.1, -0.05) is 24.3 Å². The van der Waals surface area contributed by atoms with Crippen molar-refractivity contribution in [2.45, 2.75) is 50.5 Å². The molecule has 150 valence electrons. The first-order chi connectivity index (χ1) is 14.4. The molecular weight excluding hydrogens is 360 g/mol. The van der Waals surface area contributed by atoms with Gasteiger partial charge in [-0.3, -0.25) is 0 Å². The first-order valence-electron chi connectivity index (χ1n) is 11.1. The highest BCUT2D eigenvalue weighted by Crippen LogP contribution is 2.45. The van der Waals surface area contributed by atoms with E-state index in [0.717, 1.165) is 30.1 Å². The first kappa shape index (κ1) is 17.5. The second-order valence-electron chi connectivity index (χ2n) is 8.96. The van der Waals surface area contributed by atoms with Gasteiger partial charge >= 0.3 is 0 Å². The van der Waals surface area contributed by atoms with E-state index in [-0.39, 0.29) is 0 Å². The van der Waals surface area contributed by atoms with Gasteiger partial charge in [0, 0.05) is 18.9 Å². The van der Waals surface area contributed by atoms with Crippen LogP contribution < -0.4 is 5.32 Å². The molecule has 29 heavy (non-hydrogen) atoms. The molecule has 3 aliphatic rings. The summed E-state index contributed by atoms with van der Waals surface area (Å²) in [6.45, 7) is 1.80. The van der Waals surface area contributed by atoms with Crippen molar-refractivity contribution in [3.8, 4) is 0 Å². The SMILES string of the molecule is c1ccc2c(c1)CC[C@@H](C1CCOCC1)[C@H]2Nc1ncnc2[nH]c(C3CC3)cc12. The van der Waals surface area contributed by atoms with Gasteiger partial charge in [-0.25, -0.2) is 9.97 Å². The molecule has 1 saturated heterocycles. The van der Waals surface area contributed by atoms with Gasteiger partial charge in [0.1, 0.15) is 17.8 Å². The normalized spacial score (nSPS) is 25.1. The summed E-state index contributed by atoms with van der Waals surface area (Å²) in [4.78, 5) is 12.7. The van der Waals surface area contributed by atoms with E-state index in [1.807, 2.05) is 0 Å². The van der Waals surface area contributed by atoms with E-state index in [1.165, 1.54) is 55.3 Å². The topological polar surface area (TPSA) is 62.8 Å². The van der Waals surface area contributed by atoms with Crippen LogP contribution in [0.3, 0.4) is 0 Å². The molecule has 3 aromatic rings. The predicted octanol–water partition coefficient (Wildman–Crippen LogP) is 4.98. The quantitative estimate of drug-likeness (QED) is 0.662. The first-order valence-corrected chi connectivity index (χ1v) is 11.1. The lowest BCUT2D eigenvalue weighted by atomic mass is 9.71. The summed E-state index contributed by atoms with van der Waals surface area (Å²) in [6, 6.07) is 11.5. The molecule has 1 saturated carbocycles. The van der Waals surface area contributed by atoms with Crippen molar-refractivity contribution in [2.75, 3.05) is 18.5 Å². The summed E-state index contributed by atoms with van der Waals surface area (Å²) in [5.41, 5.74) is 5.19. The van der Waals surface area contributed by atoms with Crippen molar-refractivity contribution in [2.24, 2.45) is 11.8 Å². The fourth-order valence-electron chi connectivity index (χ4n) is 5.46. The number of H-pyrrole nitrogens is 1. The number of aromatic nitrogens is 3. The Kier molecular flexibility index (Phi) is 4.29. The largest absolute Gasteiger partial charge is 0.381 e. The average Bonchev–Trinajstić information content (AvgIpc) is 3.53. The molecule has 0 amide bonds. The lowest BCUT2D eigenvalue weighted by Crippen LogP contribution is -2.35. The Bertz CT molecular complexity index is 1020. The zero-order valence-electron chi connectivity index (χ0n) is 16.7. The highest BCUT2D eigenvalue weighted by molar-refractivity contribution is 5.88. The Balaban J connectivity index is 1.38. The van der Waals surface area contributed by atoms with Crippen LogP contribution in [0.25, 0.3) is 11.0 Å². The number of hydrogen-bond donors (Lipinski definition) is 2. The summed E-state index contributed by atoms with van der Waals surface area (Å²) in [6.07, 6.45) is 8.99. The lowest BCUT2D eigenvalue weighted by molar-refractivity contribution is 0.0397. The molecular formula is C24H28N4O. The highest BCUT2D eigenvalue weighted by Gasteiger charge is 2.36. The number of anilines is 1. The van der Waals surface area contributed by atoms with Crippen molar-refractivity contribution in [3.63, 3.8) is 0 Å². The van der Waals surface area contributed by atoms with Gasteiger partial charge in [-0.2, -0.15) is 0 Å². The monoisotopic (exact) mass is 388 g/mol. The fraction of sp³-hybridized carbons (Fsp3) is 0.500. The third kappa shape index (κ3) is 3.21. The molecule has 1 aromatic carbocycles. The molecule has 5 heteroatoms. The number of rotatable bonds is 4. The summed E-state index contributed by atoms with van der Waals surface area (Å²) in [7, 11) is 0. The van der Waals surface area contributed by atoms with Crippen LogP contribution >= 0.6 is 0 Å². The van der Waals surface area contributed by atoms with E-state index in [2.05, 4.69) is 50.6 Å². The van der Waals surface area contributed by atoms with Gasteiger partial charge in [0.25, 0.3) is 0 Å². The van der Waals surface area contributed by atoms with E-state index in [4.69, 9.17) is 4.74 Å². The maximum Gasteiger partial charge on any atom is 0.143 e. The van der Waals surface area contributed by atoms with Crippen molar-refractivity contribution in [3.05, 3.63) is 53.5 Å². The van der Waals surface area contributed by atoms with Gasteiger partial charge in [0.15, 0.2) is 0 Å². The van der Waals surface area contributed by atoms with Crippen molar-refractivity contribution in [1.82, 2.24) is 15.0 Å². The smallest absolute Gasteiger partial charge is 0.143 e. The number of ether oxygens (including phenoxy) is 1. The second-order valence-corrected chi connectivity index (χ2v) is 8.96. The molecule has 0 unspecified atom stereocenters. The van der Waals surface area contributed by atoms with Crippen LogP contribution in [0.2, 0.25) is 0 Å². The standard InChI is InChI=1S/C24H28N4O/c1-2-4-18-15(3-1)7-8-19(16-9-11-29-12-10-16)22(18)28-24-20-13-21(17-5-6-17)27-23(20)25-14-26-24/h1-4,13-14,16-17,19,22H,5-12H2,(H2,25,26,27,28)/t19-,22-/m0/s1. The van der Waals surface area contributed by atoms with Crippen molar-refractivity contribution >= 4 is 16.9 Å². The molecule has 0 spiro atoms. The van der Waals surface area contributed by atoms with Crippen LogP contribution in [0.5, 0.6) is 0 Å². The van der Waals surface area contributed by atoms with Gasteiger partial charge in [0.2, 0.25) is 0 Å². The molecule has 2 fully saturated rings. The second kappa shape index (κ2) is 7.13. The van der Waals surface area contributed by atoms with E-state index in [1.54, 1.807) is 6.33 Å². The molecule has 5 nitrogen and oxygen atoms in total. The van der Waals surface area contributed by atoms with Crippen molar-refractivity contribution < 1.29 is 4.74 Å². The van der Waals surface area contributed by atoms with E-state index in [0.29, 0.717) is 23.8 Å². The summed E-state index contributed by atoms with van der Waals surface area (Å²) < 4.78 is 5.66. The number of benzene rings is 1. The Morgan fingerprint density at radius 3 is 2.72 bits per heavy atom. The minimum Gasteiger partial charge on any atom is -0.381 e. The number of nitrogens with one attached hydrogen (secondary N) is 2. The van der Waals surface area contributed by atoms with Crippen LogP contribution in [0.4, 0.5) is 5.82 Å². The number of nitrogens with zero attached hydrogens (tertiary/aromatic N) is 2. The third-order valence-corrected chi connectivity index (χ3v) is 7.19. The molecule has 0 bridgehead atoms. The van der Waals surface area contributed by atoms with Gasteiger partial charge < -0.3 is 15.0 Å². The summed E-state index contributed by atoms with van der Waals surface area (Å²) >= 11 is 0. The van der Waals surface area contributed by atoms with Crippen LogP contribution in [0.1, 0.15) is 60.9 Å². The maximum absolute atomic E-state index is 5.66. The third-order valence-electron chi connectivity index (χ3n) is 7.19. The van der Waals surface area contributed by atoms with Crippen LogP contribution in [0, 0.1) is 11.8 Å². The number of aryl methyl sites for hydroxylation is 1. The van der Waals surface area contributed by atoms with E-state index < -0.39 is 0 Å². The van der Waals surface area contributed by atoms with Crippen LogP contribution in [0.15, 0.2) is 36.7 Å². The number of hydrogen-bond acceptors (Lipinski definition) is 4. The minimum absolute atomic E-state index is 0.292. The molecule has 6 rings (SSSR count). The van der Waals surface area contributed by atoms with Crippen LogP contribution in [-0.4, -0.2) is 28.2 Å². The zero-order valence-corrected chi connectivity index (χ0v) is 16.7. The van der Waals surface area contributed by atoms with E-state index >= 15 is 0 Å². The predicted molar refractivity (Wildman–Crippen MR) is 114 cm³/mol. The molecule has 2 aliphatic carbocycles. The molecule has 2 aromatic heterocycles. The Morgan fingerprint density at radius 1 is 1.00 bits per heavy atom. The van der Waals surface area contributed by atoms with Crippen LogP contribution in [-0.2, 0) is 11.2 Å². The molecule has 1 aliphatic heterocycles. The minimum atomic E-state index is 0.292. The molecule has 0 radical (unpaired) electrons. The van der Waals surface area contributed by atoms with Gasteiger partial charge in [0.05, 0.1) is 11.4 Å². The molecule has 2 N–H and O–H groups in total. The lowest BCUT2D eigenvalue weighted by Gasteiger charge is -2.40. The van der Waals surface area contributed by atoms with Crippen molar-refractivity contribution in [1.29, 1.82) is 0 Å². The zero-order chi connectivity index (χ0) is 19.2. The Morgan fingerprint density at radius 2 is 1.86 bits per heavy atom. The number of fused-ring (bicyclic) bond motifs is 2. The maximum atomic E-state index is 5.66. The van der Waals surface area contributed by atoms with Gasteiger partial charge in [-0.05, 0) is 73.5 Å². The Hall–Kier alpha value is -2.40. The number of aromatic amines is 1.